The molecule has 0 spiro atoms. The second-order valence-electron chi connectivity index (χ2n) is 4.29. The van der Waals surface area contributed by atoms with Crippen molar-refractivity contribution >= 4 is 17.7 Å². The summed E-state index contributed by atoms with van der Waals surface area (Å²) < 4.78 is 4.55. The van der Waals surface area contributed by atoms with Gasteiger partial charge in [0.1, 0.15) is 0 Å². The summed E-state index contributed by atoms with van der Waals surface area (Å²) in [6.45, 7) is 3.78. The molecule has 2 N–H and O–H groups in total. The minimum Gasteiger partial charge on any atom is -0.469 e. The zero-order valence-corrected chi connectivity index (χ0v) is 11.5. The molecule has 0 aliphatic rings. The lowest BCUT2D eigenvalue weighted by Gasteiger charge is -2.15. The molecule has 0 radical (unpaired) electrons. The third kappa shape index (κ3) is 4.99. The molecule has 1 rings (SSSR count). The van der Waals surface area contributed by atoms with Gasteiger partial charge >= 0.3 is 12.0 Å². The van der Waals surface area contributed by atoms with Crippen LogP contribution in [0, 0.1) is 0 Å². The van der Waals surface area contributed by atoms with E-state index in [1.165, 1.54) is 7.11 Å². The van der Waals surface area contributed by atoms with Gasteiger partial charge in [-0.2, -0.15) is 0 Å². The summed E-state index contributed by atoms with van der Waals surface area (Å²) in [7, 11) is 1.33. The maximum Gasteiger partial charge on any atom is 0.319 e. The molecule has 0 saturated carbocycles. The van der Waals surface area contributed by atoms with E-state index in [9.17, 15) is 9.59 Å². The molecule has 1 aromatic carbocycles. The number of rotatable bonds is 5. The van der Waals surface area contributed by atoms with E-state index in [-0.39, 0.29) is 24.5 Å². The predicted molar refractivity (Wildman–Crippen MR) is 74.1 cm³/mol. The van der Waals surface area contributed by atoms with E-state index < -0.39 is 0 Å². The molecule has 2 amide bonds. The summed E-state index contributed by atoms with van der Waals surface area (Å²) in [6, 6.07) is 7.02. The highest BCUT2D eigenvalue weighted by molar-refractivity contribution is 5.90. The minimum atomic E-state index is -0.346. The molecule has 1 unspecified atom stereocenters. The van der Waals surface area contributed by atoms with Crippen molar-refractivity contribution in [3.63, 3.8) is 0 Å². The third-order valence-electron chi connectivity index (χ3n) is 2.72. The van der Waals surface area contributed by atoms with Crippen molar-refractivity contribution in [1.29, 1.82) is 0 Å². The van der Waals surface area contributed by atoms with Gasteiger partial charge in [0, 0.05) is 11.7 Å². The Labute approximate surface area is 113 Å². The van der Waals surface area contributed by atoms with Crippen molar-refractivity contribution in [2.45, 2.75) is 32.7 Å². The number of carbonyl (C=O) groups excluding carboxylic acids is 2. The number of benzene rings is 1. The number of urea groups is 1. The van der Waals surface area contributed by atoms with Gasteiger partial charge in [0.2, 0.25) is 0 Å². The van der Waals surface area contributed by atoms with Gasteiger partial charge in [0.05, 0.1) is 13.5 Å². The van der Waals surface area contributed by atoms with Crippen LogP contribution in [-0.2, 0) is 16.0 Å². The van der Waals surface area contributed by atoms with Gasteiger partial charge in [-0.1, -0.05) is 25.1 Å². The Kier molecular flexibility index (Phi) is 5.85. The number of amides is 2. The first-order valence-electron chi connectivity index (χ1n) is 6.29. The molecule has 19 heavy (non-hydrogen) atoms. The van der Waals surface area contributed by atoms with E-state index in [1.807, 2.05) is 31.2 Å². The number of hydrogen-bond acceptors (Lipinski definition) is 3. The molecule has 1 atom stereocenters. The van der Waals surface area contributed by atoms with Crippen molar-refractivity contribution in [2.75, 3.05) is 12.4 Å². The highest BCUT2D eigenvalue weighted by Gasteiger charge is 2.12. The van der Waals surface area contributed by atoms with Crippen molar-refractivity contribution in [1.82, 2.24) is 5.32 Å². The number of hydrogen-bond donors (Lipinski definition) is 2. The lowest BCUT2D eigenvalue weighted by molar-refractivity contribution is -0.141. The number of ether oxygens (including phenoxy) is 1. The largest absolute Gasteiger partial charge is 0.469 e. The van der Waals surface area contributed by atoms with Crippen molar-refractivity contribution in [2.24, 2.45) is 0 Å². The molecule has 0 aliphatic heterocycles. The highest BCUT2D eigenvalue weighted by atomic mass is 16.5. The SMILES string of the molecule is CCc1ccccc1NC(=O)NC(C)CC(=O)OC. The Morgan fingerprint density at radius 3 is 2.63 bits per heavy atom. The number of anilines is 1. The van der Waals surface area contributed by atoms with Crippen LogP contribution < -0.4 is 10.6 Å². The molecule has 0 bridgehead atoms. The normalized spacial score (nSPS) is 11.5. The fourth-order valence-corrected chi connectivity index (χ4v) is 1.72. The predicted octanol–water partition coefficient (Wildman–Crippen LogP) is 2.32. The van der Waals surface area contributed by atoms with Gasteiger partial charge in [0.15, 0.2) is 0 Å². The number of carbonyl (C=O) groups is 2. The average molecular weight is 264 g/mol. The van der Waals surface area contributed by atoms with Crippen LogP contribution in [0.3, 0.4) is 0 Å². The molecule has 0 saturated heterocycles. The molecule has 1 aromatic rings. The molecular formula is C14H20N2O3. The van der Waals surface area contributed by atoms with Gasteiger partial charge < -0.3 is 15.4 Å². The molecule has 104 valence electrons. The first-order valence-corrected chi connectivity index (χ1v) is 6.29. The summed E-state index contributed by atoms with van der Waals surface area (Å²) in [6.07, 6.45) is 0.994. The van der Waals surface area contributed by atoms with Crippen LogP contribution in [0.15, 0.2) is 24.3 Å². The first kappa shape index (κ1) is 15.0. The Hall–Kier alpha value is -2.04. The number of methoxy groups -OCH3 is 1. The van der Waals surface area contributed by atoms with E-state index in [1.54, 1.807) is 6.92 Å². The smallest absolute Gasteiger partial charge is 0.319 e. The molecule has 5 heteroatoms. The van der Waals surface area contributed by atoms with E-state index in [0.717, 1.165) is 17.7 Å². The minimum absolute atomic E-state index is 0.152. The lowest BCUT2D eigenvalue weighted by atomic mass is 10.1. The second-order valence-corrected chi connectivity index (χ2v) is 4.29. The number of nitrogens with one attached hydrogen (secondary N) is 2. The van der Waals surface area contributed by atoms with Gasteiger partial charge in [-0.05, 0) is 25.0 Å². The van der Waals surface area contributed by atoms with Crippen LogP contribution in [0.25, 0.3) is 0 Å². The Bertz CT molecular complexity index is 446. The summed E-state index contributed by atoms with van der Waals surface area (Å²) >= 11 is 0. The first-order chi connectivity index (χ1) is 9.06. The zero-order chi connectivity index (χ0) is 14.3. The summed E-state index contributed by atoms with van der Waals surface area (Å²) in [5.41, 5.74) is 1.85. The monoisotopic (exact) mass is 264 g/mol. The fourth-order valence-electron chi connectivity index (χ4n) is 1.72. The van der Waals surface area contributed by atoms with E-state index >= 15 is 0 Å². The van der Waals surface area contributed by atoms with Crippen LogP contribution in [-0.4, -0.2) is 25.2 Å². The summed E-state index contributed by atoms with van der Waals surface area (Å²) in [4.78, 5) is 22.9. The maximum atomic E-state index is 11.8. The molecule has 0 fully saturated rings. The summed E-state index contributed by atoms with van der Waals surface area (Å²) in [5, 5.41) is 5.48. The van der Waals surface area contributed by atoms with E-state index in [2.05, 4.69) is 15.4 Å². The Morgan fingerprint density at radius 2 is 2.00 bits per heavy atom. The van der Waals surface area contributed by atoms with Crippen molar-refractivity contribution < 1.29 is 14.3 Å². The maximum absolute atomic E-state index is 11.8. The molecule has 5 nitrogen and oxygen atoms in total. The van der Waals surface area contributed by atoms with Crippen LogP contribution in [0.2, 0.25) is 0 Å². The average Bonchev–Trinajstić information content (AvgIpc) is 2.38. The Morgan fingerprint density at radius 1 is 1.32 bits per heavy atom. The standard InChI is InChI=1S/C14H20N2O3/c1-4-11-7-5-6-8-12(11)16-14(18)15-10(2)9-13(17)19-3/h5-8,10H,4,9H2,1-3H3,(H2,15,16,18). The van der Waals surface area contributed by atoms with Gasteiger partial charge in [0.25, 0.3) is 0 Å². The zero-order valence-electron chi connectivity index (χ0n) is 11.5. The molecular weight excluding hydrogens is 244 g/mol. The van der Waals surface area contributed by atoms with Gasteiger partial charge in [-0.3, -0.25) is 4.79 Å². The topological polar surface area (TPSA) is 67.4 Å². The molecule has 0 aromatic heterocycles. The van der Waals surface area contributed by atoms with E-state index in [0.29, 0.717) is 0 Å². The lowest BCUT2D eigenvalue weighted by Crippen LogP contribution is -2.37. The van der Waals surface area contributed by atoms with Gasteiger partial charge in [-0.25, -0.2) is 4.79 Å². The van der Waals surface area contributed by atoms with Crippen LogP contribution in [0.1, 0.15) is 25.8 Å². The van der Waals surface area contributed by atoms with Crippen molar-refractivity contribution in [3.05, 3.63) is 29.8 Å². The van der Waals surface area contributed by atoms with Gasteiger partial charge in [-0.15, -0.1) is 0 Å². The number of aryl methyl sites for hydroxylation is 1. The molecule has 0 aliphatic carbocycles. The quantitative estimate of drug-likeness (QED) is 0.802. The van der Waals surface area contributed by atoms with Crippen molar-refractivity contribution in [3.8, 4) is 0 Å². The molecule has 0 heterocycles. The number of esters is 1. The Balaban J connectivity index is 2.53. The highest BCUT2D eigenvalue weighted by Crippen LogP contribution is 2.15. The van der Waals surface area contributed by atoms with Crippen LogP contribution in [0.5, 0.6) is 0 Å². The van der Waals surface area contributed by atoms with E-state index in [4.69, 9.17) is 0 Å². The summed E-state index contributed by atoms with van der Waals surface area (Å²) in [5.74, 6) is -0.346. The fraction of sp³-hybridized carbons (Fsp3) is 0.429. The van der Waals surface area contributed by atoms with Crippen LogP contribution in [0.4, 0.5) is 10.5 Å². The second kappa shape index (κ2) is 7.41. The number of para-hydroxylation sites is 1. The van der Waals surface area contributed by atoms with Crippen LogP contribution >= 0.6 is 0 Å². The third-order valence-corrected chi connectivity index (χ3v) is 2.72.